The Kier molecular flexibility index (Phi) is 6.63. The number of fused-ring (bicyclic) bond motifs is 3. The van der Waals surface area contributed by atoms with E-state index < -0.39 is 0 Å². The maximum Gasteiger partial charge on any atom is 0.258 e. The van der Waals surface area contributed by atoms with Gasteiger partial charge in [0.1, 0.15) is 5.82 Å². The zero-order valence-corrected chi connectivity index (χ0v) is 23.5. The zero-order valence-electron chi connectivity index (χ0n) is 22.6. The number of benzene rings is 2. The van der Waals surface area contributed by atoms with E-state index >= 15 is 0 Å². The highest BCUT2D eigenvalue weighted by molar-refractivity contribution is 7.17. The van der Waals surface area contributed by atoms with Crippen molar-refractivity contribution in [2.24, 2.45) is 5.92 Å². The zero-order chi connectivity index (χ0) is 27.9. The van der Waals surface area contributed by atoms with Crippen LogP contribution in [-0.2, 0) is 6.42 Å². The van der Waals surface area contributed by atoms with Crippen molar-refractivity contribution in [1.29, 1.82) is 0 Å². The van der Waals surface area contributed by atoms with Gasteiger partial charge in [-0.1, -0.05) is 18.2 Å². The van der Waals surface area contributed by atoms with Crippen LogP contribution in [0.15, 0.2) is 72.9 Å². The van der Waals surface area contributed by atoms with Crippen LogP contribution in [0.4, 0.5) is 17.2 Å². The van der Waals surface area contributed by atoms with Gasteiger partial charge in [-0.05, 0) is 85.7 Å². The molecule has 4 heterocycles. The fourth-order valence-corrected chi connectivity index (χ4v) is 6.63. The minimum absolute atomic E-state index is 0.0960. The molecule has 206 valence electrons. The fraction of sp³-hybridized carbons (Fsp3) is 0.273. The smallest absolute Gasteiger partial charge is 0.258 e. The largest absolute Gasteiger partial charge is 0.356 e. The summed E-state index contributed by atoms with van der Waals surface area (Å²) in [5.41, 5.74) is 4.61. The van der Waals surface area contributed by atoms with E-state index in [9.17, 15) is 14.4 Å². The van der Waals surface area contributed by atoms with E-state index in [1.807, 2.05) is 41.3 Å². The summed E-state index contributed by atoms with van der Waals surface area (Å²) in [6.07, 6.45) is 6.42. The number of nitrogens with zero attached hydrogens (tertiary/aromatic N) is 3. The summed E-state index contributed by atoms with van der Waals surface area (Å²) in [4.78, 5) is 49.6. The molecule has 0 spiro atoms. The number of carbonyl (C=O) groups excluding carboxylic acids is 3. The maximum absolute atomic E-state index is 13.7. The molecule has 4 aromatic rings. The van der Waals surface area contributed by atoms with Gasteiger partial charge in [0.2, 0.25) is 0 Å². The molecule has 7 rings (SSSR count). The number of Topliss-reactive ketones (excluding diaryl/α,β-unsaturated/α-hetero) is 1. The quantitative estimate of drug-likeness (QED) is 0.262. The number of anilines is 3. The first-order valence-corrected chi connectivity index (χ1v) is 15.0. The van der Waals surface area contributed by atoms with Gasteiger partial charge in [-0.2, -0.15) is 0 Å². The Balaban J connectivity index is 1.07. The predicted octanol–water partition coefficient (Wildman–Crippen LogP) is 6.46. The second-order valence-corrected chi connectivity index (χ2v) is 12.1. The first kappa shape index (κ1) is 25.7. The van der Waals surface area contributed by atoms with Crippen molar-refractivity contribution >= 4 is 46.1 Å². The number of ketones is 1. The summed E-state index contributed by atoms with van der Waals surface area (Å²) in [7, 11) is 0. The lowest BCUT2D eigenvalue weighted by molar-refractivity contribution is 0.0974. The Morgan fingerprint density at radius 2 is 1.71 bits per heavy atom. The molecule has 1 aliphatic carbocycles. The normalized spacial score (nSPS) is 15.8. The highest BCUT2D eigenvalue weighted by Gasteiger charge is 2.29. The van der Waals surface area contributed by atoms with E-state index in [4.69, 9.17) is 0 Å². The van der Waals surface area contributed by atoms with Crippen molar-refractivity contribution in [3.8, 4) is 10.4 Å². The number of para-hydroxylation sites is 1. The van der Waals surface area contributed by atoms with Crippen molar-refractivity contribution in [1.82, 2.24) is 4.98 Å². The summed E-state index contributed by atoms with van der Waals surface area (Å²) < 4.78 is 0. The highest BCUT2D eigenvalue weighted by Crippen LogP contribution is 2.43. The molecule has 0 unspecified atom stereocenters. The Bertz CT molecular complexity index is 1640. The van der Waals surface area contributed by atoms with Crippen LogP contribution in [0, 0.1) is 5.92 Å². The predicted molar refractivity (Wildman–Crippen MR) is 162 cm³/mol. The van der Waals surface area contributed by atoms with Crippen LogP contribution in [0.2, 0.25) is 0 Å². The molecule has 1 saturated heterocycles. The Morgan fingerprint density at radius 1 is 0.927 bits per heavy atom. The first-order chi connectivity index (χ1) is 20.0. The number of hydrogen-bond acceptors (Lipinski definition) is 6. The molecular formula is C33H30N4O3S. The van der Waals surface area contributed by atoms with E-state index in [-0.39, 0.29) is 17.6 Å². The summed E-state index contributed by atoms with van der Waals surface area (Å²) in [5.74, 6) is 1.35. The van der Waals surface area contributed by atoms with Crippen LogP contribution in [0.5, 0.6) is 0 Å². The molecular weight excluding hydrogens is 532 g/mol. The number of pyridine rings is 1. The third-order valence-corrected chi connectivity index (χ3v) is 9.38. The van der Waals surface area contributed by atoms with Gasteiger partial charge < -0.3 is 15.1 Å². The number of rotatable bonds is 7. The van der Waals surface area contributed by atoms with Gasteiger partial charge in [0.15, 0.2) is 5.78 Å². The lowest BCUT2D eigenvalue weighted by Gasteiger charge is -2.31. The van der Waals surface area contributed by atoms with Crippen LogP contribution in [0.3, 0.4) is 0 Å². The van der Waals surface area contributed by atoms with Crippen LogP contribution >= 0.6 is 11.3 Å². The third-order valence-electron chi connectivity index (χ3n) is 8.12. The standard InChI is InChI=1S/C33H30N4O3S/c38-28(18-21-6-7-21)29-19-23-14-17-37(27-5-2-1-4-26(27)31(23)41-29)33(40)22-8-11-25(12-9-22)35-32(39)24-10-13-30(34-20-24)36-15-3-16-36/h1-2,4-5,8-13,19-21H,3,6-7,14-18H2,(H,35,39). The van der Waals surface area contributed by atoms with Crippen molar-refractivity contribution in [3.05, 3.63) is 94.5 Å². The molecule has 7 nitrogen and oxygen atoms in total. The summed E-state index contributed by atoms with van der Waals surface area (Å²) in [6.45, 7) is 2.53. The van der Waals surface area contributed by atoms with Crippen LogP contribution in [0.25, 0.3) is 10.4 Å². The minimum atomic E-state index is -0.241. The topological polar surface area (TPSA) is 82.6 Å². The molecule has 3 aliphatic rings. The molecule has 41 heavy (non-hydrogen) atoms. The molecule has 0 atom stereocenters. The van der Waals surface area contributed by atoms with Crippen molar-refractivity contribution in [2.75, 3.05) is 34.8 Å². The molecule has 8 heteroatoms. The van der Waals surface area contributed by atoms with Gasteiger partial charge in [0, 0.05) is 53.9 Å². The molecule has 2 amide bonds. The van der Waals surface area contributed by atoms with Gasteiger partial charge in [0.25, 0.3) is 11.8 Å². The van der Waals surface area contributed by atoms with E-state index in [2.05, 4.69) is 15.2 Å². The maximum atomic E-state index is 13.7. The number of carbonyl (C=O) groups is 3. The molecule has 0 radical (unpaired) electrons. The van der Waals surface area contributed by atoms with E-state index in [0.29, 0.717) is 42.1 Å². The van der Waals surface area contributed by atoms with E-state index in [0.717, 1.165) is 58.3 Å². The molecule has 2 fully saturated rings. The minimum Gasteiger partial charge on any atom is -0.356 e. The molecule has 2 aromatic carbocycles. The van der Waals surface area contributed by atoms with Gasteiger partial charge in [0.05, 0.1) is 16.1 Å². The van der Waals surface area contributed by atoms with Gasteiger partial charge >= 0.3 is 0 Å². The molecule has 2 aliphatic heterocycles. The molecule has 2 aromatic heterocycles. The summed E-state index contributed by atoms with van der Waals surface area (Å²) in [6, 6.07) is 20.7. The Labute approximate surface area is 242 Å². The van der Waals surface area contributed by atoms with Gasteiger partial charge in [-0.3, -0.25) is 14.4 Å². The molecule has 0 bridgehead atoms. The lowest BCUT2D eigenvalue weighted by atomic mass is 10.1. The average Bonchev–Trinajstić information content (AvgIpc) is 3.71. The number of thiophene rings is 1. The number of nitrogens with one attached hydrogen (secondary N) is 1. The van der Waals surface area contributed by atoms with Crippen molar-refractivity contribution < 1.29 is 14.4 Å². The fourth-order valence-electron chi connectivity index (χ4n) is 5.44. The summed E-state index contributed by atoms with van der Waals surface area (Å²) in [5, 5.41) is 2.90. The second kappa shape index (κ2) is 10.6. The lowest BCUT2D eigenvalue weighted by Crippen LogP contribution is -2.37. The Hall–Kier alpha value is -4.30. The van der Waals surface area contributed by atoms with Crippen molar-refractivity contribution in [2.45, 2.75) is 32.1 Å². The van der Waals surface area contributed by atoms with E-state index in [1.165, 1.54) is 6.42 Å². The molecule has 1 N–H and O–H groups in total. The second-order valence-electron chi connectivity index (χ2n) is 11.0. The highest BCUT2D eigenvalue weighted by atomic mass is 32.1. The van der Waals surface area contributed by atoms with Crippen LogP contribution < -0.4 is 15.1 Å². The Morgan fingerprint density at radius 3 is 2.41 bits per heavy atom. The number of aromatic nitrogens is 1. The number of amides is 2. The van der Waals surface area contributed by atoms with Gasteiger partial charge in [-0.25, -0.2) is 4.98 Å². The van der Waals surface area contributed by atoms with E-state index in [1.54, 1.807) is 47.9 Å². The average molecular weight is 563 g/mol. The monoisotopic (exact) mass is 562 g/mol. The summed E-state index contributed by atoms with van der Waals surface area (Å²) >= 11 is 1.56. The number of hydrogen-bond donors (Lipinski definition) is 1. The van der Waals surface area contributed by atoms with Crippen LogP contribution in [-0.4, -0.2) is 42.2 Å². The SMILES string of the molecule is O=C(Nc1ccc(C(=O)N2CCc3cc(C(=O)CC4CC4)sc3-c3ccccc32)cc1)c1ccc(N2CCC2)nc1. The van der Waals surface area contributed by atoms with Gasteiger partial charge in [-0.15, -0.1) is 11.3 Å². The first-order valence-electron chi connectivity index (χ1n) is 14.2. The molecule has 1 saturated carbocycles. The van der Waals surface area contributed by atoms with Crippen molar-refractivity contribution in [3.63, 3.8) is 0 Å². The van der Waals surface area contributed by atoms with Crippen LogP contribution in [0.1, 0.15) is 61.6 Å². The third kappa shape index (κ3) is 5.15.